The number of benzene rings is 1. The number of hydrogen-bond acceptors (Lipinski definition) is 3. The van der Waals surface area contributed by atoms with E-state index < -0.39 is 0 Å². The van der Waals surface area contributed by atoms with Crippen LogP contribution in [0.2, 0.25) is 0 Å². The van der Waals surface area contributed by atoms with Crippen LogP contribution in [0.3, 0.4) is 0 Å². The fraction of sp³-hybridized carbons (Fsp3) is 0.625. The summed E-state index contributed by atoms with van der Waals surface area (Å²) in [5.41, 5.74) is 1.20. The number of likely N-dealkylation sites (N-methyl/N-ethyl adjacent to an activating group) is 1. The van der Waals surface area contributed by atoms with Gasteiger partial charge in [-0.2, -0.15) is 0 Å². The molecule has 0 aliphatic carbocycles. The highest BCUT2D eigenvalue weighted by molar-refractivity contribution is 9.10. The molecule has 3 nitrogen and oxygen atoms in total. The highest BCUT2D eigenvalue weighted by atomic mass is 79.9. The molecule has 0 spiro atoms. The topological polar surface area (TPSA) is 18.5 Å². The van der Waals surface area contributed by atoms with Gasteiger partial charge < -0.3 is 5.32 Å². The van der Waals surface area contributed by atoms with Gasteiger partial charge in [0.15, 0.2) is 0 Å². The first-order valence-corrected chi connectivity index (χ1v) is 8.48. The van der Waals surface area contributed by atoms with E-state index >= 15 is 0 Å². The summed E-state index contributed by atoms with van der Waals surface area (Å²) in [5.74, 6) is 0. The summed E-state index contributed by atoms with van der Waals surface area (Å²) in [7, 11) is 0. The fourth-order valence-electron chi connectivity index (χ4n) is 2.98. The lowest BCUT2D eigenvalue weighted by atomic mass is 10.2. The second kappa shape index (κ2) is 8.01. The molecule has 1 aliphatic rings. The molecule has 0 saturated carbocycles. The van der Waals surface area contributed by atoms with E-state index in [4.69, 9.17) is 0 Å². The zero-order chi connectivity index (χ0) is 14.4. The van der Waals surface area contributed by atoms with Gasteiger partial charge in [0.1, 0.15) is 0 Å². The average Bonchev–Trinajstić information content (AvgIpc) is 2.91. The lowest BCUT2D eigenvalue weighted by Gasteiger charge is -2.26. The molecule has 20 heavy (non-hydrogen) atoms. The number of nitrogens with one attached hydrogen (secondary N) is 1. The van der Waals surface area contributed by atoms with Gasteiger partial charge in [-0.05, 0) is 50.3 Å². The third-order valence-corrected chi connectivity index (χ3v) is 4.71. The summed E-state index contributed by atoms with van der Waals surface area (Å²) in [6, 6.07) is 9.15. The SMILES string of the molecule is CCN(CC)C1CCN(CCNc2ccc(Br)cc2)C1. The van der Waals surface area contributed by atoms with E-state index in [0.29, 0.717) is 0 Å². The van der Waals surface area contributed by atoms with Crippen molar-refractivity contribution in [2.24, 2.45) is 0 Å². The first-order chi connectivity index (χ1) is 9.72. The second-order valence-electron chi connectivity index (χ2n) is 5.40. The monoisotopic (exact) mass is 339 g/mol. The van der Waals surface area contributed by atoms with E-state index in [9.17, 15) is 0 Å². The Labute approximate surface area is 131 Å². The molecule has 0 bridgehead atoms. The summed E-state index contributed by atoms with van der Waals surface area (Å²) in [6.07, 6.45) is 1.32. The molecule has 0 aromatic heterocycles. The van der Waals surface area contributed by atoms with Gasteiger partial charge in [0.2, 0.25) is 0 Å². The lowest BCUT2D eigenvalue weighted by molar-refractivity contribution is 0.212. The maximum atomic E-state index is 3.49. The summed E-state index contributed by atoms with van der Waals surface area (Å²) in [4.78, 5) is 5.16. The maximum absolute atomic E-state index is 3.49. The van der Waals surface area contributed by atoms with Crippen molar-refractivity contribution in [3.63, 3.8) is 0 Å². The van der Waals surface area contributed by atoms with Gasteiger partial charge in [-0.1, -0.05) is 29.8 Å². The molecule has 1 saturated heterocycles. The molecule has 1 aliphatic heterocycles. The minimum atomic E-state index is 0.762. The van der Waals surface area contributed by atoms with Crippen LogP contribution in [0, 0.1) is 0 Å². The van der Waals surface area contributed by atoms with E-state index in [1.54, 1.807) is 0 Å². The third-order valence-electron chi connectivity index (χ3n) is 4.18. The van der Waals surface area contributed by atoms with E-state index in [1.807, 2.05) is 0 Å². The molecule has 0 radical (unpaired) electrons. The standard InChI is InChI=1S/C16H26BrN3/c1-3-20(4-2)16-9-11-19(13-16)12-10-18-15-7-5-14(17)6-8-15/h5-8,16,18H,3-4,9-13H2,1-2H3. The Morgan fingerprint density at radius 3 is 2.60 bits per heavy atom. The third kappa shape index (κ3) is 4.47. The summed E-state index contributed by atoms with van der Waals surface area (Å²) >= 11 is 3.46. The smallest absolute Gasteiger partial charge is 0.0341 e. The number of likely N-dealkylation sites (tertiary alicyclic amines) is 1. The van der Waals surface area contributed by atoms with Crippen molar-refractivity contribution in [2.45, 2.75) is 26.3 Å². The van der Waals surface area contributed by atoms with Crippen molar-refractivity contribution in [3.8, 4) is 0 Å². The Bertz CT molecular complexity index is 389. The molecule has 112 valence electrons. The van der Waals surface area contributed by atoms with Crippen LogP contribution in [0.4, 0.5) is 5.69 Å². The minimum absolute atomic E-state index is 0.762. The van der Waals surface area contributed by atoms with Gasteiger partial charge >= 0.3 is 0 Å². The molecule has 1 unspecified atom stereocenters. The number of anilines is 1. The number of nitrogens with zero attached hydrogens (tertiary/aromatic N) is 2. The number of halogens is 1. The molecular formula is C16H26BrN3. The summed E-state index contributed by atoms with van der Waals surface area (Å²) in [5, 5.41) is 3.49. The molecule has 2 rings (SSSR count). The Hall–Kier alpha value is -0.580. The van der Waals surface area contributed by atoms with Gasteiger partial charge in [0, 0.05) is 35.8 Å². The zero-order valence-electron chi connectivity index (χ0n) is 12.6. The van der Waals surface area contributed by atoms with Crippen molar-refractivity contribution in [1.29, 1.82) is 0 Å². The van der Waals surface area contributed by atoms with E-state index in [0.717, 1.165) is 23.6 Å². The molecule has 1 aromatic rings. The van der Waals surface area contributed by atoms with Gasteiger partial charge in [-0.25, -0.2) is 0 Å². The normalized spacial score (nSPS) is 19.7. The van der Waals surface area contributed by atoms with Crippen LogP contribution in [-0.2, 0) is 0 Å². The van der Waals surface area contributed by atoms with E-state index in [-0.39, 0.29) is 0 Å². The predicted octanol–water partition coefficient (Wildman–Crippen LogP) is 3.28. The highest BCUT2D eigenvalue weighted by Crippen LogP contribution is 2.16. The lowest BCUT2D eigenvalue weighted by Crippen LogP contribution is -2.38. The predicted molar refractivity (Wildman–Crippen MR) is 90.4 cm³/mol. The van der Waals surface area contributed by atoms with Crippen LogP contribution in [-0.4, -0.2) is 55.1 Å². The maximum Gasteiger partial charge on any atom is 0.0341 e. The van der Waals surface area contributed by atoms with E-state index in [1.165, 1.54) is 38.3 Å². The Morgan fingerprint density at radius 1 is 1.25 bits per heavy atom. The zero-order valence-corrected chi connectivity index (χ0v) is 14.2. The Kier molecular flexibility index (Phi) is 6.33. The molecule has 1 aromatic carbocycles. The van der Waals surface area contributed by atoms with Crippen LogP contribution >= 0.6 is 15.9 Å². The van der Waals surface area contributed by atoms with E-state index in [2.05, 4.69) is 69.2 Å². The van der Waals surface area contributed by atoms with Crippen molar-refractivity contribution in [2.75, 3.05) is 44.6 Å². The fourth-order valence-corrected chi connectivity index (χ4v) is 3.24. The van der Waals surface area contributed by atoms with Crippen molar-refractivity contribution in [3.05, 3.63) is 28.7 Å². The Morgan fingerprint density at radius 2 is 1.95 bits per heavy atom. The largest absolute Gasteiger partial charge is 0.384 e. The van der Waals surface area contributed by atoms with Crippen LogP contribution < -0.4 is 5.32 Å². The first-order valence-electron chi connectivity index (χ1n) is 7.68. The van der Waals surface area contributed by atoms with Gasteiger partial charge in [-0.3, -0.25) is 9.80 Å². The van der Waals surface area contributed by atoms with Crippen LogP contribution in [0.25, 0.3) is 0 Å². The van der Waals surface area contributed by atoms with Gasteiger partial charge in [-0.15, -0.1) is 0 Å². The minimum Gasteiger partial charge on any atom is -0.384 e. The Balaban J connectivity index is 1.69. The molecule has 1 fully saturated rings. The summed E-state index contributed by atoms with van der Waals surface area (Å²) in [6.45, 7) is 11.5. The van der Waals surface area contributed by atoms with Crippen molar-refractivity contribution < 1.29 is 0 Å². The average molecular weight is 340 g/mol. The molecule has 4 heteroatoms. The molecule has 1 N–H and O–H groups in total. The quantitative estimate of drug-likeness (QED) is 0.822. The molecule has 1 heterocycles. The summed E-state index contributed by atoms with van der Waals surface area (Å²) < 4.78 is 1.13. The van der Waals surface area contributed by atoms with Gasteiger partial charge in [0.25, 0.3) is 0 Å². The highest BCUT2D eigenvalue weighted by Gasteiger charge is 2.25. The first kappa shape index (κ1) is 15.8. The second-order valence-corrected chi connectivity index (χ2v) is 6.31. The molecule has 0 amide bonds. The number of hydrogen-bond donors (Lipinski definition) is 1. The van der Waals surface area contributed by atoms with Crippen LogP contribution in [0.15, 0.2) is 28.7 Å². The molecular weight excluding hydrogens is 314 g/mol. The van der Waals surface area contributed by atoms with Crippen LogP contribution in [0.1, 0.15) is 20.3 Å². The van der Waals surface area contributed by atoms with Crippen molar-refractivity contribution in [1.82, 2.24) is 9.80 Å². The van der Waals surface area contributed by atoms with Crippen molar-refractivity contribution >= 4 is 21.6 Å². The molecule has 1 atom stereocenters. The van der Waals surface area contributed by atoms with Gasteiger partial charge in [0.05, 0.1) is 0 Å². The van der Waals surface area contributed by atoms with Crippen LogP contribution in [0.5, 0.6) is 0 Å². The number of rotatable bonds is 7.